The molecule has 2 aliphatic rings. The molecule has 0 spiro atoms. The number of hydrogen-bond donors (Lipinski definition) is 2. The Labute approximate surface area is 131 Å². The van der Waals surface area contributed by atoms with Crippen LogP contribution >= 0.6 is 9.24 Å². The van der Waals surface area contributed by atoms with Gasteiger partial charge >= 0.3 is 0 Å². The first-order valence-electron chi connectivity index (χ1n) is 7.70. The smallest absolute Gasteiger partial charge is 0.170 e. The molecule has 2 fully saturated rings. The van der Waals surface area contributed by atoms with E-state index in [9.17, 15) is 5.11 Å². The molecule has 7 heteroatoms. The second-order valence-corrected chi connectivity index (χ2v) is 7.06. The summed E-state index contributed by atoms with van der Waals surface area (Å²) in [4.78, 5) is 6.98. The number of allylic oxidation sites excluding steroid dienone is 1. The van der Waals surface area contributed by atoms with Crippen molar-refractivity contribution in [1.82, 2.24) is 14.6 Å². The van der Waals surface area contributed by atoms with Gasteiger partial charge in [-0.1, -0.05) is 0 Å². The van der Waals surface area contributed by atoms with Gasteiger partial charge < -0.3 is 15.7 Å². The molecule has 1 saturated heterocycles. The zero-order valence-electron chi connectivity index (χ0n) is 12.4. The molecular formula is C15H20N5OP. The molecule has 0 bridgehead atoms. The zero-order chi connectivity index (χ0) is 15.3. The van der Waals surface area contributed by atoms with Gasteiger partial charge in [-0.3, -0.25) is 0 Å². The monoisotopic (exact) mass is 317 g/mol. The highest BCUT2D eigenvalue weighted by molar-refractivity contribution is 7.17. The maximum atomic E-state index is 10.5. The maximum absolute atomic E-state index is 10.5. The number of fused-ring (bicyclic) bond motifs is 1. The van der Waals surface area contributed by atoms with Crippen LogP contribution in [0.1, 0.15) is 31.2 Å². The summed E-state index contributed by atoms with van der Waals surface area (Å²) in [5.74, 6) is 1.53. The number of nitrogen functional groups attached to an aromatic ring is 1. The van der Waals surface area contributed by atoms with Gasteiger partial charge in [0.25, 0.3) is 0 Å². The highest BCUT2D eigenvalue weighted by Gasteiger charge is 2.24. The molecule has 0 amide bonds. The van der Waals surface area contributed by atoms with Crippen LogP contribution < -0.4 is 10.6 Å². The van der Waals surface area contributed by atoms with E-state index in [0.717, 1.165) is 50.2 Å². The van der Waals surface area contributed by atoms with Crippen molar-refractivity contribution in [3.8, 4) is 0 Å². The van der Waals surface area contributed by atoms with Crippen molar-refractivity contribution in [2.75, 3.05) is 23.7 Å². The minimum absolute atomic E-state index is 0.272. The summed E-state index contributed by atoms with van der Waals surface area (Å²) in [6, 6.07) is 1.96. The summed E-state index contributed by atoms with van der Waals surface area (Å²) in [6.45, 7) is 1.99. The molecule has 6 nitrogen and oxygen atoms in total. The lowest BCUT2D eigenvalue weighted by atomic mass is 9.90. The number of nitrogens with two attached hydrogens (primary N) is 1. The third kappa shape index (κ3) is 2.13. The Morgan fingerprint density at radius 3 is 2.86 bits per heavy atom. The molecule has 1 aliphatic carbocycles. The molecule has 2 aromatic rings. The minimum atomic E-state index is 0.272. The van der Waals surface area contributed by atoms with Crippen LogP contribution in [0, 0.1) is 0 Å². The average Bonchev–Trinajstić information content (AvgIpc) is 2.98. The molecule has 0 radical (unpaired) electrons. The fraction of sp³-hybridized carbons (Fsp3) is 0.467. The summed E-state index contributed by atoms with van der Waals surface area (Å²) < 4.78 is 1.65. The number of nitrogens with zero attached hydrogens (tertiary/aromatic N) is 4. The number of rotatable bonds is 2. The Morgan fingerprint density at radius 1 is 1.41 bits per heavy atom. The van der Waals surface area contributed by atoms with Crippen molar-refractivity contribution in [1.29, 1.82) is 0 Å². The van der Waals surface area contributed by atoms with Gasteiger partial charge in [0, 0.05) is 19.3 Å². The van der Waals surface area contributed by atoms with Crippen molar-refractivity contribution in [2.45, 2.75) is 31.3 Å². The van der Waals surface area contributed by atoms with Crippen molar-refractivity contribution in [3.05, 3.63) is 23.4 Å². The van der Waals surface area contributed by atoms with E-state index in [2.05, 4.69) is 19.2 Å². The summed E-state index contributed by atoms with van der Waals surface area (Å²) in [5, 5.41) is 14.8. The van der Waals surface area contributed by atoms with E-state index in [4.69, 9.17) is 10.7 Å². The van der Waals surface area contributed by atoms with Gasteiger partial charge in [0.1, 0.15) is 17.1 Å². The normalized spacial score (nSPS) is 21.4. The Hall–Kier alpha value is -1.81. The van der Waals surface area contributed by atoms with Crippen LogP contribution in [0.2, 0.25) is 0 Å². The summed E-state index contributed by atoms with van der Waals surface area (Å²) in [6.07, 6.45) is 6.01. The van der Waals surface area contributed by atoms with Gasteiger partial charge in [-0.05, 0) is 43.0 Å². The van der Waals surface area contributed by atoms with Crippen LogP contribution in [0.15, 0.2) is 17.8 Å². The molecule has 1 saturated carbocycles. The number of aliphatic hydroxyl groups is 1. The highest BCUT2D eigenvalue weighted by Crippen LogP contribution is 2.35. The van der Waals surface area contributed by atoms with Crippen molar-refractivity contribution >= 4 is 32.3 Å². The Balaban J connectivity index is 1.81. The number of aliphatic hydroxyl groups excluding tert-OH is 1. The zero-order valence-corrected chi connectivity index (χ0v) is 13.5. The second kappa shape index (κ2) is 5.13. The first-order valence-corrected chi connectivity index (χ1v) is 8.37. The van der Waals surface area contributed by atoms with Crippen LogP contribution in [0.5, 0.6) is 0 Å². The lowest BCUT2D eigenvalue weighted by Crippen LogP contribution is -2.21. The van der Waals surface area contributed by atoms with Crippen LogP contribution in [-0.4, -0.2) is 38.5 Å². The topological polar surface area (TPSA) is 79.7 Å². The van der Waals surface area contributed by atoms with Crippen LogP contribution in [-0.2, 0) is 0 Å². The molecule has 1 aliphatic heterocycles. The van der Waals surface area contributed by atoms with Gasteiger partial charge in [-0.2, -0.15) is 0 Å². The first kappa shape index (κ1) is 13.8. The van der Waals surface area contributed by atoms with E-state index in [0.29, 0.717) is 22.7 Å². The van der Waals surface area contributed by atoms with E-state index in [-0.39, 0.29) is 5.76 Å². The first-order chi connectivity index (χ1) is 10.6. The van der Waals surface area contributed by atoms with E-state index in [1.807, 2.05) is 12.3 Å². The lowest BCUT2D eigenvalue weighted by Gasteiger charge is -2.19. The van der Waals surface area contributed by atoms with Gasteiger partial charge in [0.05, 0.1) is 0 Å². The molecule has 2 aromatic heterocycles. The predicted molar refractivity (Wildman–Crippen MR) is 91.1 cm³/mol. The molecule has 2 atom stereocenters. The van der Waals surface area contributed by atoms with E-state index in [1.165, 1.54) is 0 Å². The van der Waals surface area contributed by atoms with Gasteiger partial charge in [0.15, 0.2) is 11.5 Å². The molecule has 3 heterocycles. The summed E-state index contributed by atoms with van der Waals surface area (Å²) in [7, 11) is 2.88. The quantitative estimate of drug-likeness (QED) is 0.656. The third-order valence-corrected chi connectivity index (χ3v) is 5.12. The molecule has 116 valence electrons. The minimum Gasteiger partial charge on any atom is -0.507 e. The fourth-order valence-corrected chi connectivity index (χ4v) is 3.51. The Morgan fingerprint density at radius 2 is 2.23 bits per heavy atom. The second-order valence-electron chi connectivity index (χ2n) is 6.11. The van der Waals surface area contributed by atoms with Crippen LogP contribution in [0.4, 0.5) is 11.6 Å². The fourth-order valence-electron chi connectivity index (χ4n) is 3.10. The van der Waals surface area contributed by atoms with Gasteiger partial charge in [-0.25, -0.2) is 9.50 Å². The molecule has 0 aromatic carbocycles. The number of aromatic nitrogens is 3. The third-order valence-electron chi connectivity index (χ3n) is 4.57. The van der Waals surface area contributed by atoms with Gasteiger partial charge in [0.2, 0.25) is 0 Å². The highest BCUT2D eigenvalue weighted by atomic mass is 31.0. The Bertz CT molecular complexity index is 763. The molecule has 3 N–H and O–H groups in total. The van der Waals surface area contributed by atoms with E-state index in [1.54, 1.807) is 4.52 Å². The molecule has 22 heavy (non-hydrogen) atoms. The lowest BCUT2D eigenvalue weighted by molar-refractivity contribution is 0.487. The van der Waals surface area contributed by atoms with E-state index >= 15 is 0 Å². The maximum Gasteiger partial charge on any atom is 0.170 e. The standard InChI is InChI=1S/C15H20N5OP/c16-14-12(13(21)9-2-1-3-9)15-17-11(5-7-20(15)18-14)19-6-4-10(22)8-19/h5,7,10,21H,1-4,6,8,22H2,(H2,16,18). The summed E-state index contributed by atoms with van der Waals surface area (Å²) >= 11 is 0. The van der Waals surface area contributed by atoms with Gasteiger partial charge in [-0.15, -0.1) is 14.3 Å². The summed E-state index contributed by atoms with van der Waals surface area (Å²) in [5.41, 5.74) is 8.90. The molecule has 4 rings (SSSR count). The van der Waals surface area contributed by atoms with Crippen molar-refractivity contribution in [3.63, 3.8) is 0 Å². The van der Waals surface area contributed by atoms with Crippen molar-refractivity contribution in [2.24, 2.45) is 0 Å². The van der Waals surface area contributed by atoms with E-state index < -0.39 is 0 Å². The average molecular weight is 317 g/mol. The Kier molecular flexibility index (Phi) is 3.22. The predicted octanol–water partition coefficient (Wildman–Crippen LogP) is 2.22. The molecule has 2 unspecified atom stereocenters. The van der Waals surface area contributed by atoms with Crippen LogP contribution in [0.25, 0.3) is 11.4 Å². The van der Waals surface area contributed by atoms with Crippen molar-refractivity contribution < 1.29 is 5.11 Å². The number of hydrogen-bond acceptors (Lipinski definition) is 5. The largest absolute Gasteiger partial charge is 0.507 e. The SMILES string of the molecule is Nc1nn2ccc(N3CCC(P)C3)nc2c1C(O)=C1CCC1. The van der Waals surface area contributed by atoms with Crippen LogP contribution in [0.3, 0.4) is 0 Å². The number of anilines is 2. The molecular weight excluding hydrogens is 297 g/mol.